The fourth-order valence-corrected chi connectivity index (χ4v) is 4.32. The van der Waals surface area contributed by atoms with Gasteiger partial charge >= 0.3 is 5.00 Å². The Morgan fingerprint density at radius 2 is 2.14 bits per heavy atom. The second kappa shape index (κ2) is 6.53. The molecule has 0 aliphatic heterocycles. The van der Waals surface area contributed by atoms with Crippen molar-refractivity contribution in [1.82, 2.24) is 10.3 Å². The molecule has 0 atom stereocenters. The standard InChI is InChI=1S/C14H15N3O3S2/c18-14(11-5-6-13(22-11)17(19)20)15-8-7-12-16-9-3-1-2-4-10(9)21-12/h5-6H,1-4,7-8H2,(H,15,18). The number of fused-ring (bicyclic) bond motifs is 1. The number of aryl methyl sites for hydroxylation is 2. The summed E-state index contributed by atoms with van der Waals surface area (Å²) < 4.78 is 0. The van der Waals surface area contributed by atoms with E-state index in [4.69, 9.17) is 0 Å². The van der Waals surface area contributed by atoms with Gasteiger partial charge in [0.25, 0.3) is 5.91 Å². The Bertz CT molecular complexity index is 685. The highest BCUT2D eigenvalue weighted by atomic mass is 32.1. The van der Waals surface area contributed by atoms with Crippen LogP contribution >= 0.6 is 22.7 Å². The van der Waals surface area contributed by atoms with Crippen molar-refractivity contribution in [2.45, 2.75) is 32.1 Å². The van der Waals surface area contributed by atoms with E-state index in [0.29, 0.717) is 17.8 Å². The molecular weight excluding hydrogens is 322 g/mol. The molecule has 1 amide bonds. The van der Waals surface area contributed by atoms with Gasteiger partial charge in [0.15, 0.2) is 0 Å². The number of rotatable bonds is 5. The molecule has 1 N–H and O–H groups in total. The van der Waals surface area contributed by atoms with Crippen molar-refractivity contribution in [3.05, 3.63) is 42.7 Å². The minimum Gasteiger partial charge on any atom is -0.351 e. The van der Waals surface area contributed by atoms with E-state index in [1.807, 2.05) is 0 Å². The molecule has 0 saturated carbocycles. The van der Waals surface area contributed by atoms with Crippen molar-refractivity contribution in [2.75, 3.05) is 6.54 Å². The summed E-state index contributed by atoms with van der Waals surface area (Å²) in [6.07, 6.45) is 5.35. The van der Waals surface area contributed by atoms with Crippen LogP contribution in [0.1, 0.15) is 38.1 Å². The van der Waals surface area contributed by atoms with Crippen LogP contribution in [-0.4, -0.2) is 22.4 Å². The summed E-state index contributed by atoms with van der Waals surface area (Å²) in [5, 5.41) is 14.4. The summed E-state index contributed by atoms with van der Waals surface area (Å²) in [6.45, 7) is 0.497. The third-order valence-corrected chi connectivity index (χ3v) is 5.76. The number of nitro groups is 1. The van der Waals surface area contributed by atoms with Gasteiger partial charge in [0, 0.05) is 23.9 Å². The summed E-state index contributed by atoms with van der Waals surface area (Å²) in [5.74, 6) is -0.264. The summed E-state index contributed by atoms with van der Waals surface area (Å²) in [4.78, 5) is 28.4. The summed E-state index contributed by atoms with van der Waals surface area (Å²) in [5.41, 5.74) is 1.23. The van der Waals surface area contributed by atoms with Gasteiger partial charge in [-0.05, 0) is 31.7 Å². The maximum Gasteiger partial charge on any atom is 0.324 e. The van der Waals surface area contributed by atoms with E-state index in [0.717, 1.165) is 29.2 Å². The number of thiophene rings is 1. The minimum absolute atomic E-state index is 0.0160. The number of nitrogens with zero attached hydrogens (tertiary/aromatic N) is 2. The first-order chi connectivity index (χ1) is 10.6. The van der Waals surface area contributed by atoms with E-state index in [-0.39, 0.29) is 10.9 Å². The van der Waals surface area contributed by atoms with Gasteiger partial charge in [-0.1, -0.05) is 11.3 Å². The zero-order chi connectivity index (χ0) is 15.5. The lowest BCUT2D eigenvalue weighted by atomic mass is 10.0. The lowest BCUT2D eigenvalue weighted by molar-refractivity contribution is -0.380. The first-order valence-corrected chi connectivity index (χ1v) is 8.76. The SMILES string of the molecule is O=C(NCCc1nc2c(s1)CCCC2)c1ccc([N+](=O)[O-])s1. The molecule has 2 aromatic rings. The highest BCUT2D eigenvalue weighted by Crippen LogP contribution is 2.27. The molecule has 1 aliphatic carbocycles. The molecule has 0 spiro atoms. The topological polar surface area (TPSA) is 85.1 Å². The van der Waals surface area contributed by atoms with Crippen LogP contribution in [0.2, 0.25) is 0 Å². The molecule has 0 bridgehead atoms. The fraction of sp³-hybridized carbons (Fsp3) is 0.429. The van der Waals surface area contributed by atoms with E-state index in [2.05, 4.69) is 10.3 Å². The van der Waals surface area contributed by atoms with Crippen LogP contribution in [0, 0.1) is 10.1 Å². The second-order valence-corrected chi connectivity index (χ2v) is 7.32. The first kappa shape index (κ1) is 15.1. The molecule has 2 heterocycles. The zero-order valence-electron chi connectivity index (χ0n) is 11.8. The lowest BCUT2D eigenvalue weighted by Crippen LogP contribution is -2.24. The Labute approximate surface area is 135 Å². The highest BCUT2D eigenvalue weighted by molar-refractivity contribution is 7.17. The van der Waals surface area contributed by atoms with Crippen LogP contribution in [0.15, 0.2) is 12.1 Å². The van der Waals surface area contributed by atoms with Gasteiger partial charge in [-0.15, -0.1) is 11.3 Å². The average molecular weight is 337 g/mol. The molecule has 1 aliphatic rings. The average Bonchev–Trinajstić information content (AvgIpc) is 3.13. The first-order valence-electron chi connectivity index (χ1n) is 7.13. The Hall–Kier alpha value is -1.80. The van der Waals surface area contributed by atoms with Crippen molar-refractivity contribution >= 4 is 33.6 Å². The summed E-state index contributed by atoms with van der Waals surface area (Å²) in [7, 11) is 0. The van der Waals surface area contributed by atoms with Crippen molar-refractivity contribution in [1.29, 1.82) is 0 Å². The molecule has 22 heavy (non-hydrogen) atoms. The van der Waals surface area contributed by atoms with Gasteiger partial charge in [0.05, 0.1) is 20.5 Å². The number of hydrogen-bond acceptors (Lipinski definition) is 6. The van der Waals surface area contributed by atoms with Crippen molar-refractivity contribution in [2.24, 2.45) is 0 Å². The number of amides is 1. The lowest BCUT2D eigenvalue weighted by Gasteiger charge is -2.06. The van der Waals surface area contributed by atoms with Crippen molar-refractivity contribution in [3.63, 3.8) is 0 Å². The maximum absolute atomic E-state index is 11.9. The van der Waals surface area contributed by atoms with Crippen LogP contribution in [0.4, 0.5) is 5.00 Å². The maximum atomic E-state index is 11.9. The van der Waals surface area contributed by atoms with Crippen LogP contribution in [0.25, 0.3) is 0 Å². The highest BCUT2D eigenvalue weighted by Gasteiger charge is 2.16. The number of hydrogen-bond donors (Lipinski definition) is 1. The quantitative estimate of drug-likeness (QED) is 0.671. The summed E-state index contributed by atoms with van der Waals surface area (Å²) in [6, 6.07) is 2.84. The molecule has 0 saturated heterocycles. The number of nitrogens with one attached hydrogen (secondary N) is 1. The van der Waals surface area contributed by atoms with Gasteiger partial charge in [0.2, 0.25) is 0 Å². The molecule has 8 heteroatoms. The van der Waals surface area contributed by atoms with Gasteiger partial charge < -0.3 is 5.32 Å². The third kappa shape index (κ3) is 3.33. The summed E-state index contributed by atoms with van der Waals surface area (Å²) >= 11 is 2.63. The van der Waals surface area contributed by atoms with Crippen LogP contribution in [0.5, 0.6) is 0 Å². The largest absolute Gasteiger partial charge is 0.351 e. The predicted molar refractivity (Wildman–Crippen MR) is 85.8 cm³/mol. The number of thiazole rings is 1. The molecule has 2 aromatic heterocycles. The monoisotopic (exact) mass is 337 g/mol. The van der Waals surface area contributed by atoms with Crippen molar-refractivity contribution in [3.8, 4) is 0 Å². The smallest absolute Gasteiger partial charge is 0.324 e. The Morgan fingerprint density at radius 3 is 2.86 bits per heavy atom. The second-order valence-electron chi connectivity index (χ2n) is 5.09. The zero-order valence-corrected chi connectivity index (χ0v) is 13.5. The van der Waals surface area contributed by atoms with Crippen LogP contribution < -0.4 is 5.32 Å². The van der Waals surface area contributed by atoms with E-state index in [1.54, 1.807) is 11.3 Å². The Balaban J connectivity index is 1.52. The molecule has 0 radical (unpaired) electrons. The van der Waals surface area contributed by atoms with Gasteiger partial charge in [0.1, 0.15) is 0 Å². The normalized spacial score (nSPS) is 13.6. The van der Waals surface area contributed by atoms with E-state index in [1.165, 1.54) is 35.5 Å². The minimum atomic E-state index is -0.485. The van der Waals surface area contributed by atoms with Gasteiger partial charge in [-0.3, -0.25) is 14.9 Å². The van der Waals surface area contributed by atoms with Crippen LogP contribution in [-0.2, 0) is 19.3 Å². The van der Waals surface area contributed by atoms with E-state index >= 15 is 0 Å². The number of carbonyl (C=O) groups excluding carboxylic acids is 1. The van der Waals surface area contributed by atoms with E-state index in [9.17, 15) is 14.9 Å². The Kier molecular flexibility index (Phi) is 4.49. The number of carbonyl (C=O) groups is 1. The van der Waals surface area contributed by atoms with Crippen molar-refractivity contribution < 1.29 is 9.72 Å². The molecule has 0 fully saturated rings. The fourth-order valence-electron chi connectivity index (χ4n) is 2.43. The molecule has 3 rings (SSSR count). The molecular formula is C14H15N3O3S2. The van der Waals surface area contributed by atoms with Gasteiger partial charge in [-0.2, -0.15) is 0 Å². The Morgan fingerprint density at radius 1 is 1.32 bits per heavy atom. The molecule has 116 valence electrons. The van der Waals surface area contributed by atoms with Gasteiger partial charge in [-0.25, -0.2) is 4.98 Å². The molecule has 0 unspecified atom stereocenters. The molecule has 0 aromatic carbocycles. The van der Waals surface area contributed by atoms with Crippen LogP contribution in [0.3, 0.4) is 0 Å². The van der Waals surface area contributed by atoms with E-state index < -0.39 is 4.92 Å². The molecule has 6 nitrogen and oxygen atoms in total. The number of aromatic nitrogens is 1. The predicted octanol–water partition coefficient (Wildman–Crippen LogP) is 2.96. The third-order valence-electron chi connectivity index (χ3n) is 3.51.